The molecule has 0 saturated carbocycles. The number of thiol groups is 1. The zero-order chi connectivity index (χ0) is 10.8. The molecule has 1 atom stereocenters. The van der Waals surface area contributed by atoms with Crippen molar-refractivity contribution in [2.45, 2.75) is 46.5 Å². The van der Waals surface area contributed by atoms with Gasteiger partial charge in [0, 0.05) is 0 Å². The lowest BCUT2D eigenvalue weighted by Crippen LogP contribution is -1.90. The Balaban J connectivity index is 3.91. The molecule has 14 heavy (non-hydrogen) atoms. The van der Waals surface area contributed by atoms with Crippen LogP contribution in [-0.4, -0.2) is 5.75 Å². The molecule has 0 aromatic carbocycles. The molecule has 0 aliphatic heterocycles. The third-order valence-electron chi connectivity index (χ3n) is 2.41. The van der Waals surface area contributed by atoms with Crippen molar-refractivity contribution in [3.05, 3.63) is 23.8 Å². The van der Waals surface area contributed by atoms with Gasteiger partial charge >= 0.3 is 0 Å². The molecule has 0 rings (SSSR count). The molecule has 0 N–H and O–H groups in total. The van der Waals surface area contributed by atoms with Gasteiger partial charge in [0.2, 0.25) is 0 Å². The van der Waals surface area contributed by atoms with Crippen molar-refractivity contribution >= 4 is 12.6 Å². The number of unbranched alkanes of at least 4 members (excludes halogenated alkanes) is 1. The fourth-order valence-electron chi connectivity index (χ4n) is 1.29. The van der Waals surface area contributed by atoms with E-state index in [2.05, 4.69) is 51.6 Å². The van der Waals surface area contributed by atoms with Crippen LogP contribution in [0, 0.1) is 5.92 Å². The average Bonchev–Trinajstić information content (AvgIpc) is 2.19. The van der Waals surface area contributed by atoms with Crippen LogP contribution in [0.1, 0.15) is 46.5 Å². The minimum atomic E-state index is 0.657. The molecule has 0 heterocycles. The van der Waals surface area contributed by atoms with E-state index in [1.165, 1.54) is 31.3 Å². The summed E-state index contributed by atoms with van der Waals surface area (Å²) in [5, 5.41) is 0. The van der Waals surface area contributed by atoms with Crippen molar-refractivity contribution in [1.82, 2.24) is 0 Å². The topological polar surface area (TPSA) is 0 Å². The summed E-state index contributed by atoms with van der Waals surface area (Å²) in [4.78, 5) is 0. The first-order valence-corrected chi connectivity index (χ1v) is 6.32. The van der Waals surface area contributed by atoms with Crippen LogP contribution in [0.3, 0.4) is 0 Å². The smallest absolute Gasteiger partial charge is 0.00924 e. The van der Waals surface area contributed by atoms with Gasteiger partial charge in [-0.05, 0) is 37.9 Å². The second-order valence-corrected chi connectivity index (χ2v) is 4.26. The summed E-state index contributed by atoms with van der Waals surface area (Å²) in [5.41, 5.74) is 1.47. The van der Waals surface area contributed by atoms with E-state index in [0.717, 1.165) is 5.75 Å². The van der Waals surface area contributed by atoms with Crippen molar-refractivity contribution in [2.24, 2.45) is 5.92 Å². The highest BCUT2D eigenvalue weighted by Gasteiger charge is 1.95. The summed E-state index contributed by atoms with van der Waals surface area (Å²) < 4.78 is 0. The molecule has 0 radical (unpaired) electrons. The summed E-state index contributed by atoms with van der Waals surface area (Å²) in [6, 6.07) is 0. The zero-order valence-corrected chi connectivity index (χ0v) is 10.7. The van der Waals surface area contributed by atoms with Crippen LogP contribution >= 0.6 is 12.6 Å². The molecule has 0 amide bonds. The molecule has 0 saturated heterocycles. The van der Waals surface area contributed by atoms with E-state index < -0.39 is 0 Å². The molecule has 0 aliphatic rings. The Morgan fingerprint density at radius 3 is 2.64 bits per heavy atom. The van der Waals surface area contributed by atoms with E-state index in [0.29, 0.717) is 5.92 Å². The summed E-state index contributed by atoms with van der Waals surface area (Å²) in [6.45, 7) is 6.61. The summed E-state index contributed by atoms with van der Waals surface area (Å²) >= 11 is 4.24. The first-order chi connectivity index (χ1) is 6.74. The first kappa shape index (κ1) is 13.8. The predicted molar refractivity (Wildman–Crippen MR) is 70.1 cm³/mol. The van der Waals surface area contributed by atoms with E-state index in [-0.39, 0.29) is 0 Å². The summed E-state index contributed by atoms with van der Waals surface area (Å²) in [6.07, 6.45) is 11.8. The molecule has 1 heteroatoms. The van der Waals surface area contributed by atoms with E-state index >= 15 is 0 Å². The second-order valence-electron chi connectivity index (χ2n) is 3.82. The molecule has 0 aliphatic carbocycles. The van der Waals surface area contributed by atoms with Gasteiger partial charge in [0.1, 0.15) is 0 Å². The Morgan fingerprint density at radius 2 is 2.14 bits per heavy atom. The van der Waals surface area contributed by atoms with Crippen LogP contribution in [0.15, 0.2) is 23.8 Å². The van der Waals surface area contributed by atoms with Gasteiger partial charge in [-0.1, -0.05) is 44.1 Å². The lowest BCUT2D eigenvalue weighted by molar-refractivity contribution is 0.704. The highest BCUT2D eigenvalue weighted by Crippen LogP contribution is 2.12. The van der Waals surface area contributed by atoms with Crippen LogP contribution in [0.4, 0.5) is 0 Å². The SMILES string of the molecule is CC=C(C=CC(C)CCS)CCCC. The lowest BCUT2D eigenvalue weighted by Gasteiger charge is -2.04. The maximum absolute atomic E-state index is 4.24. The molecular formula is C13H24S. The predicted octanol–water partition coefficient (Wildman–Crippen LogP) is 4.64. The quantitative estimate of drug-likeness (QED) is 0.461. The Labute approximate surface area is 94.9 Å². The first-order valence-electron chi connectivity index (χ1n) is 5.68. The normalized spacial score (nSPS) is 15.0. The van der Waals surface area contributed by atoms with Crippen LogP contribution < -0.4 is 0 Å². The van der Waals surface area contributed by atoms with Crippen molar-refractivity contribution in [3.8, 4) is 0 Å². The average molecular weight is 212 g/mol. The van der Waals surface area contributed by atoms with Crippen molar-refractivity contribution in [3.63, 3.8) is 0 Å². The van der Waals surface area contributed by atoms with Gasteiger partial charge in [0.15, 0.2) is 0 Å². The number of allylic oxidation sites excluding steroid dienone is 4. The van der Waals surface area contributed by atoms with Crippen LogP contribution in [-0.2, 0) is 0 Å². The largest absolute Gasteiger partial charge is 0.179 e. The lowest BCUT2D eigenvalue weighted by atomic mass is 10.0. The van der Waals surface area contributed by atoms with Crippen molar-refractivity contribution < 1.29 is 0 Å². The van der Waals surface area contributed by atoms with E-state index in [1.807, 2.05) is 0 Å². The van der Waals surface area contributed by atoms with Gasteiger partial charge < -0.3 is 0 Å². The van der Waals surface area contributed by atoms with E-state index in [9.17, 15) is 0 Å². The molecular weight excluding hydrogens is 188 g/mol. The van der Waals surface area contributed by atoms with Gasteiger partial charge in [0.05, 0.1) is 0 Å². The number of hydrogen-bond donors (Lipinski definition) is 1. The standard InChI is InChI=1S/C13H24S/c1-4-6-7-13(5-2)9-8-12(3)10-11-14/h5,8-9,12,14H,4,6-7,10-11H2,1-3H3. The third-order valence-corrected chi connectivity index (χ3v) is 2.67. The highest BCUT2D eigenvalue weighted by atomic mass is 32.1. The third kappa shape index (κ3) is 7.25. The second kappa shape index (κ2) is 9.39. The van der Waals surface area contributed by atoms with Crippen LogP contribution in [0.25, 0.3) is 0 Å². The van der Waals surface area contributed by atoms with Gasteiger partial charge in [-0.25, -0.2) is 0 Å². The van der Waals surface area contributed by atoms with Gasteiger partial charge in [-0.15, -0.1) is 0 Å². The van der Waals surface area contributed by atoms with E-state index in [4.69, 9.17) is 0 Å². The minimum absolute atomic E-state index is 0.657. The fraction of sp³-hybridized carbons (Fsp3) is 0.692. The Hall–Kier alpha value is -0.170. The molecule has 1 unspecified atom stereocenters. The maximum Gasteiger partial charge on any atom is -0.00924 e. The van der Waals surface area contributed by atoms with Crippen LogP contribution in [0.2, 0.25) is 0 Å². The maximum atomic E-state index is 4.24. The minimum Gasteiger partial charge on any atom is -0.179 e. The molecule has 0 nitrogen and oxygen atoms in total. The number of hydrogen-bond acceptors (Lipinski definition) is 1. The van der Waals surface area contributed by atoms with Crippen molar-refractivity contribution in [2.75, 3.05) is 5.75 Å². The van der Waals surface area contributed by atoms with Gasteiger partial charge in [0.25, 0.3) is 0 Å². The van der Waals surface area contributed by atoms with E-state index in [1.54, 1.807) is 0 Å². The summed E-state index contributed by atoms with van der Waals surface area (Å²) in [7, 11) is 0. The molecule has 82 valence electrons. The zero-order valence-electron chi connectivity index (χ0n) is 9.79. The molecule has 0 fully saturated rings. The molecule has 0 bridgehead atoms. The summed E-state index contributed by atoms with van der Waals surface area (Å²) in [5.74, 6) is 1.63. The van der Waals surface area contributed by atoms with Gasteiger partial charge in [-0.2, -0.15) is 12.6 Å². The molecule has 0 aromatic rings. The Bertz CT molecular complexity index is 180. The molecule has 0 spiro atoms. The monoisotopic (exact) mass is 212 g/mol. The highest BCUT2D eigenvalue weighted by molar-refractivity contribution is 7.80. The van der Waals surface area contributed by atoms with Gasteiger partial charge in [-0.3, -0.25) is 0 Å². The number of rotatable bonds is 7. The Morgan fingerprint density at radius 1 is 1.43 bits per heavy atom. The molecule has 0 aromatic heterocycles. The Kier molecular flexibility index (Phi) is 9.27. The fourth-order valence-corrected chi connectivity index (χ4v) is 1.70. The van der Waals surface area contributed by atoms with Crippen molar-refractivity contribution in [1.29, 1.82) is 0 Å². The van der Waals surface area contributed by atoms with Crippen LogP contribution in [0.5, 0.6) is 0 Å².